The zero-order valence-electron chi connectivity index (χ0n) is 6.80. The van der Waals surface area contributed by atoms with Gasteiger partial charge in [0.25, 0.3) is 0 Å². The van der Waals surface area contributed by atoms with Gasteiger partial charge in [0.15, 0.2) is 0 Å². The van der Waals surface area contributed by atoms with E-state index in [1.165, 1.54) is 12.1 Å². The molecule has 3 heteroatoms. The third kappa shape index (κ3) is 2.19. The van der Waals surface area contributed by atoms with Gasteiger partial charge < -0.3 is 5.73 Å². The third-order valence-corrected chi connectivity index (χ3v) is 2.30. The van der Waals surface area contributed by atoms with Crippen molar-refractivity contribution in [2.75, 3.05) is 0 Å². The van der Waals surface area contributed by atoms with Gasteiger partial charge in [-0.3, -0.25) is 0 Å². The minimum atomic E-state index is -0.257. The second-order valence-electron chi connectivity index (χ2n) is 2.81. The summed E-state index contributed by atoms with van der Waals surface area (Å²) in [6.07, 6.45) is 0. The summed E-state index contributed by atoms with van der Waals surface area (Å²) < 4.78 is 12.5. The van der Waals surface area contributed by atoms with Gasteiger partial charge in [-0.25, -0.2) is 4.39 Å². The molecule has 0 spiro atoms. The molecule has 0 unspecified atom stereocenters. The van der Waals surface area contributed by atoms with Crippen LogP contribution in [0.1, 0.15) is 17.9 Å². The summed E-state index contributed by atoms with van der Waals surface area (Å²) >= 11 is 5.95. The Balaban J connectivity index is 2.82. The maximum Gasteiger partial charge on any atom is 0.123 e. The van der Waals surface area contributed by atoms with Gasteiger partial charge >= 0.3 is 0 Å². The van der Waals surface area contributed by atoms with Crippen LogP contribution in [0.3, 0.4) is 0 Å². The van der Waals surface area contributed by atoms with Crippen LogP contribution in [-0.4, -0.2) is 6.04 Å². The maximum atomic E-state index is 12.5. The number of nitrogens with two attached hydrogens (primary N) is 1. The van der Waals surface area contributed by atoms with Crippen molar-refractivity contribution >= 4 is 11.6 Å². The number of rotatable bonds is 2. The van der Waals surface area contributed by atoms with Crippen LogP contribution in [-0.2, 0) is 0 Å². The average Bonchev–Trinajstić information content (AvgIpc) is 2.04. The number of hydrogen-bond acceptors (Lipinski definition) is 1. The van der Waals surface area contributed by atoms with Crippen LogP contribution in [0.25, 0.3) is 0 Å². The predicted octanol–water partition coefficient (Wildman–Crippen LogP) is 2.45. The molecular formula is C9H11ClFN. The van der Waals surface area contributed by atoms with Crippen LogP contribution in [0.15, 0.2) is 24.3 Å². The molecule has 0 bridgehead atoms. The summed E-state index contributed by atoms with van der Waals surface area (Å²) in [5, 5.41) is -0.245. The van der Waals surface area contributed by atoms with E-state index >= 15 is 0 Å². The van der Waals surface area contributed by atoms with Gasteiger partial charge in [-0.2, -0.15) is 0 Å². The SMILES string of the molecule is C[C@@H](N)[C@@H](Cl)c1ccc(F)cc1. The number of alkyl halides is 1. The van der Waals surface area contributed by atoms with Crippen molar-refractivity contribution < 1.29 is 4.39 Å². The Bertz CT molecular complexity index is 245. The smallest absolute Gasteiger partial charge is 0.123 e. The molecule has 0 aromatic heterocycles. The first-order valence-corrected chi connectivity index (χ1v) is 4.20. The standard InChI is InChI=1S/C9H11ClFN/c1-6(12)9(10)7-2-4-8(11)5-3-7/h2-6,9H,12H2,1H3/t6-,9-/m1/s1. The molecule has 0 fully saturated rings. The van der Waals surface area contributed by atoms with Crippen molar-refractivity contribution in [3.63, 3.8) is 0 Å². The fraction of sp³-hybridized carbons (Fsp3) is 0.333. The van der Waals surface area contributed by atoms with Crippen molar-refractivity contribution in [1.29, 1.82) is 0 Å². The lowest BCUT2D eigenvalue weighted by Crippen LogP contribution is -2.20. The quantitative estimate of drug-likeness (QED) is 0.708. The monoisotopic (exact) mass is 187 g/mol. The summed E-state index contributed by atoms with van der Waals surface area (Å²) in [7, 11) is 0. The van der Waals surface area contributed by atoms with Crippen molar-refractivity contribution in [1.82, 2.24) is 0 Å². The first-order chi connectivity index (χ1) is 5.61. The molecule has 0 aliphatic carbocycles. The minimum absolute atomic E-state index is 0.128. The lowest BCUT2D eigenvalue weighted by atomic mass is 10.1. The molecule has 0 radical (unpaired) electrons. The Morgan fingerprint density at radius 3 is 2.25 bits per heavy atom. The Kier molecular flexibility index (Phi) is 3.06. The van der Waals surface area contributed by atoms with Crippen molar-refractivity contribution in [3.05, 3.63) is 35.6 Å². The van der Waals surface area contributed by atoms with E-state index in [1.54, 1.807) is 12.1 Å². The molecule has 0 saturated heterocycles. The second kappa shape index (κ2) is 3.87. The van der Waals surface area contributed by atoms with Gasteiger partial charge in [0.05, 0.1) is 5.38 Å². The largest absolute Gasteiger partial charge is 0.326 e. The topological polar surface area (TPSA) is 26.0 Å². The molecule has 1 nitrogen and oxygen atoms in total. The van der Waals surface area contributed by atoms with E-state index in [0.29, 0.717) is 0 Å². The lowest BCUT2D eigenvalue weighted by Gasteiger charge is -2.12. The highest BCUT2D eigenvalue weighted by molar-refractivity contribution is 6.21. The van der Waals surface area contributed by atoms with Crippen molar-refractivity contribution in [3.8, 4) is 0 Å². The van der Waals surface area contributed by atoms with E-state index in [4.69, 9.17) is 17.3 Å². The Morgan fingerprint density at radius 2 is 1.83 bits per heavy atom. The summed E-state index contributed by atoms with van der Waals surface area (Å²) in [5.74, 6) is -0.257. The molecule has 0 heterocycles. The van der Waals surface area contributed by atoms with E-state index < -0.39 is 0 Å². The Hall–Kier alpha value is -0.600. The molecule has 1 aromatic carbocycles. The van der Waals surface area contributed by atoms with Crippen LogP contribution in [0, 0.1) is 5.82 Å². The first-order valence-electron chi connectivity index (χ1n) is 3.76. The zero-order valence-corrected chi connectivity index (χ0v) is 7.55. The Morgan fingerprint density at radius 1 is 1.33 bits per heavy atom. The molecular weight excluding hydrogens is 177 g/mol. The normalized spacial score (nSPS) is 15.7. The summed E-state index contributed by atoms with van der Waals surface area (Å²) in [6, 6.07) is 5.93. The highest BCUT2D eigenvalue weighted by Gasteiger charge is 2.11. The first kappa shape index (κ1) is 9.49. The highest BCUT2D eigenvalue weighted by atomic mass is 35.5. The molecule has 66 valence electrons. The second-order valence-corrected chi connectivity index (χ2v) is 3.28. The molecule has 2 N–H and O–H groups in total. The van der Waals surface area contributed by atoms with Gasteiger partial charge in [-0.1, -0.05) is 12.1 Å². The number of benzene rings is 1. The molecule has 0 aliphatic heterocycles. The van der Waals surface area contributed by atoms with Crippen LogP contribution in [0.2, 0.25) is 0 Å². The van der Waals surface area contributed by atoms with E-state index in [-0.39, 0.29) is 17.2 Å². The van der Waals surface area contributed by atoms with E-state index in [9.17, 15) is 4.39 Å². The van der Waals surface area contributed by atoms with Crippen LogP contribution in [0.5, 0.6) is 0 Å². The number of halogens is 2. The lowest BCUT2D eigenvalue weighted by molar-refractivity contribution is 0.625. The van der Waals surface area contributed by atoms with E-state index in [2.05, 4.69) is 0 Å². The molecule has 1 rings (SSSR count). The molecule has 2 atom stereocenters. The molecule has 0 saturated carbocycles. The van der Waals surface area contributed by atoms with E-state index in [1.807, 2.05) is 6.92 Å². The van der Waals surface area contributed by atoms with E-state index in [0.717, 1.165) is 5.56 Å². The van der Waals surface area contributed by atoms with Gasteiger partial charge in [-0.05, 0) is 24.6 Å². The third-order valence-electron chi connectivity index (χ3n) is 1.65. The molecule has 1 aromatic rings. The molecule has 0 amide bonds. The van der Waals surface area contributed by atoms with Gasteiger partial charge in [0.1, 0.15) is 5.82 Å². The summed E-state index contributed by atoms with van der Waals surface area (Å²) in [6.45, 7) is 1.82. The minimum Gasteiger partial charge on any atom is -0.326 e. The van der Waals surface area contributed by atoms with Crippen LogP contribution < -0.4 is 5.73 Å². The average molecular weight is 188 g/mol. The summed E-state index contributed by atoms with van der Waals surface area (Å²) in [5.41, 5.74) is 6.43. The van der Waals surface area contributed by atoms with Gasteiger partial charge in [0.2, 0.25) is 0 Å². The maximum absolute atomic E-state index is 12.5. The fourth-order valence-corrected chi connectivity index (χ4v) is 1.10. The van der Waals surface area contributed by atoms with Gasteiger partial charge in [0, 0.05) is 6.04 Å². The van der Waals surface area contributed by atoms with Crippen LogP contribution >= 0.6 is 11.6 Å². The van der Waals surface area contributed by atoms with Crippen LogP contribution in [0.4, 0.5) is 4.39 Å². The highest BCUT2D eigenvalue weighted by Crippen LogP contribution is 2.22. The van der Waals surface area contributed by atoms with Crippen molar-refractivity contribution in [2.24, 2.45) is 5.73 Å². The van der Waals surface area contributed by atoms with Gasteiger partial charge in [-0.15, -0.1) is 11.6 Å². The zero-order chi connectivity index (χ0) is 9.14. The predicted molar refractivity (Wildman–Crippen MR) is 48.6 cm³/mol. The summed E-state index contributed by atoms with van der Waals surface area (Å²) in [4.78, 5) is 0. The van der Waals surface area contributed by atoms with Crippen molar-refractivity contribution in [2.45, 2.75) is 18.3 Å². The fourth-order valence-electron chi connectivity index (χ4n) is 0.950. The Labute approximate surface area is 76.3 Å². The molecule has 0 aliphatic rings. The molecule has 12 heavy (non-hydrogen) atoms. The number of hydrogen-bond donors (Lipinski definition) is 1.